The lowest BCUT2D eigenvalue weighted by Crippen LogP contribution is -2.27. The zero-order chi connectivity index (χ0) is 25.8. The fraction of sp³-hybridized carbons (Fsp3) is 0.292. The Labute approximate surface area is 205 Å². The number of carbonyl (C=O) groups excluding carboxylic acids is 1. The lowest BCUT2D eigenvalue weighted by atomic mass is 10.1. The maximum absolute atomic E-state index is 12.8. The average Bonchev–Trinajstić information content (AvgIpc) is 3.22. The topological polar surface area (TPSA) is 128 Å². The molecule has 0 aliphatic rings. The third-order valence-electron chi connectivity index (χ3n) is 5.19. The number of ether oxygens (including phenoxy) is 1. The van der Waals surface area contributed by atoms with Crippen LogP contribution in [0.3, 0.4) is 0 Å². The highest BCUT2D eigenvalue weighted by Gasteiger charge is 2.22. The number of aliphatic carboxylic acids is 1. The number of carbonyl (C=O) groups is 2. The first-order valence-electron chi connectivity index (χ1n) is 11.0. The molecule has 2 aromatic carbocycles. The molecule has 0 spiro atoms. The van der Waals surface area contributed by atoms with Crippen LogP contribution in [0.2, 0.25) is 25.7 Å². The van der Waals surface area contributed by atoms with Gasteiger partial charge in [0.25, 0.3) is 10.0 Å². The third-order valence-corrected chi connectivity index (χ3v) is 8.78. The molecule has 0 radical (unpaired) electrons. The molecule has 1 heterocycles. The van der Waals surface area contributed by atoms with Gasteiger partial charge in [0.2, 0.25) is 0 Å². The molecule has 0 bridgehead atoms. The van der Waals surface area contributed by atoms with Crippen LogP contribution in [0.4, 0.5) is 4.79 Å². The van der Waals surface area contributed by atoms with Crippen molar-refractivity contribution in [2.24, 2.45) is 0 Å². The maximum Gasteiger partial charge on any atom is 0.412 e. The van der Waals surface area contributed by atoms with E-state index in [1.54, 1.807) is 43.3 Å². The average molecular weight is 516 g/mol. The van der Waals surface area contributed by atoms with Crippen LogP contribution in [0.15, 0.2) is 54.4 Å². The number of nitrogens with zero attached hydrogens (tertiary/aromatic N) is 2. The van der Waals surface area contributed by atoms with Gasteiger partial charge in [0.15, 0.2) is 0 Å². The van der Waals surface area contributed by atoms with Crippen LogP contribution in [-0.4, -0.2) is 48.6 Å². The predicted molar refractivity (Wildman–Crippen MR) is 137 cm³/mol. The normalized spacial score (nSPS) is 12.5. The lowest BCUT2D eigenvalue weighted by Gasteiger charge is -2.15. The Morgan fingerprint density at radius 3 is 2.49 bits per heavy atom. The van der Waals surface area contributed by atoms with Gasteiger partial charge in [-0.2, -0.15) is 9.19 Å². The maximum atomic E-state index is 12.8. The summed E-state index contributed by atoms with van der Waals surface area (Å²) in [5.41, 5.74) is 2.03. The molecule has 11 heteroatoms. The van der Waals surface area contributed by atoms with Crippen molar-refractivity contribution in [1.29, 1.82) is 0 Å². The number of aromatic nitrogens is 2. The first-order valence-corrected chi connectivity index (χ1v) is 16.3. The second kappa shape index (κ2) is 10.4. The van der Waals surface area contributed by atoms with E-state index in [1.165, 1.54) is 12.3 Å². The minimum absolute atomic E-state index is 0.00397. The first kappa shape index (κ1) is 26.2. The third kappa shape index (κ3) is 7.27. The summed E-state index contributed by atoms with van der Waals surface area (Å²) in [5, 5.41) is 16.6. The van der Waals surface area contributed by atoms with Gasteiger partial charge in [-0.15, -0.1) is 0 Å². The molecule has 2 N–H and O–H groups in total. The summed E-state index contributed by atoms with van der Waals surface area (Å²) in [5.74, 6) is -1.33. The molecule has 3 rings (SSSR count). The smallest absolute Gasteiger partial charge is 0.412 e. The Hall–Kier alpha value is -3.44. The molecule has 3 aromatic rings. The molecule has 0 aliphatic carbocycles. The zero-order valence-electron chi connectivity index (χ0n) is 20.1. The minimum Gasteiger partial charge on any atom is -0.477 e. The molecule has 186 valence electrons. The van der Waals surface area contributed by atoms with Crippen LogP contribution in [0.1, 0.15) is 16.7 Å². The molecule has 1 aromatic heterocycles. The summed E-state index contributed by atoms with van der Waals surface area (Å²) in [6, 6.07) is 12.9. The summed E-state index contributed by atoms with van der Waals surface area (Å²) in [6.45, 7) is 8.08. The van der Waals surface area contributed by atoms with Gasteiger partial charge in [0.05, 0.1) is 17.5 Å². The fourth-order valence-corrected chi connectivity index (χ4v) is 7.41. The van der Waals surface area contributed by atoms with E-state index in [9.17, 15) is 23.1 Å². The van der Waals surface area contributed by atoms with Gasteiger partial charge in [-0.1, -0.05) is 50.0 Å². The van der Waals surface area contributed by atoms with Crippen LogP contribution < -0.4 is 5.32 Å². The molecular weight excluding hydrogens is 486 g/mol. The van der Waals surface area contributed by atoms with Gasteiger partial charge in [0.1, 0.15) is 12.3 Å². The van der Waals surface area contributed by atoms with Gasteiger partial charge in [-0.25, -0.2) is 18.0 Å². The van der Waals surface area contributed by atoms with Gasteiger partial charge < -0.3 is 9.84 Å². The quantitative estimate of drug-likeness (QED) is 0.323. The van der Waals surface area contributed by atoms with Gasteiger partial charge in [-0.05, 0) is 47.9 Å². The van der Waals surface area contributed by atoms with E-state index in [1.807, 2.05) is 6.07 Å². The molecule has 9 nitrogen and oxygen atoms in total. The van der Waals surface area contributed by atoms with Crippen molar-refractivity contribution in [3.8, 4) is 0 Å². The van der Waals surface area contributed by atoms with E-state index in [2.05, 4.69) is 30.1 Å². The van der Waals surface area contributed by atoms with Crippen molar-refractivity contribution in [2.75, 3.05) is 5.75 Å². The van der Waals surface area contributed by atoms with E-state index in [-0.39, 0.29) is 18.1 Å². The van der Waals surface area contributed by atoms with Crippen molar-refractivity contribution < 1.29 is 27.9 Å². The van der Waals surface area contributed by atoms with Crippen LogP contribution in [-0.2, 0) is 26.2 Å². The highest BCUT2D eigenvalue weighted by Crippen LogP contribution is 2.22. The molecule has 0 fully saturated rings. The van der Waals surface area contributed by atoms with Crippen molar-refractivity contribution in [1.82, 2.24) is 14.5 Å². The predicted octanol–water partition coefficient (Wildman–Crippen LogP) is 4.21. The summed E-state index contributed by atoms with van der Waals surface area (Å²) in [4.78, 5) is 23.9. The van der Waals surface area contributed by atoms with Gasteiger partial charge in [-0.3, -0.25) is 5.32 Å². The van der Waals surface area contributed by atoms with Crippen LogP contribution >= 0.6 is 0 Å². The number of carboxylic acid groups (broad SMARTS) is 1. The molecule has 0 aliphatic heterocycles. The van der Waals surface area contributed by atoms with E-state index in [4.69, 9.17) is 4.74 Å². The minimum atomic E-state index is -3.61. The number of nitrogens with one attached hydrogen (secondary N) is 1. The monoisotopic (exact) mass is 515 g/mol. The number of alkyl carbamates (subject to hydrolysis) is 1. The largest absolute Gasteiger partial charge is 0.477 e. The number of benzene rings is 2. The number of aryl methyl sites for hydroxylation is 1. The summed E-state index contributed by atoms with van der Waals surface area (Å²) in [7, 11) is -5.16. The standard InChI is InChI=1S/C24H29N3O6SSi/c1-17-12-19(13-20-15-27(26-22(17)20)34(31,32)10-11-35(2,3)4)14-21(23(28)29)25-24(30)33-16-18-8-6-5-7-9-18/h5-9,12-15H,10-11,16H2,1-4H3,(H,25,30)(H,28,29). The Balaban J connectivity index is 1.82. The molecule has 1 amide bonds. The highest BCUT2D eigenvalue weighted by atomic mass is 32.2. The number of carboxylic acids is 1. The Morgan fingerprint density at radius 1 is 1.17 bits per heavy atom. The molecule has 0 atom stereocenters. The number of fused-ring (bicyclic) bond motifs is 1. The summed E-state index contributed by atoms with van der Waals surface area (Å²) >= 11 is 0. The number of hydrogen-bond acceptors (Lipinski definition) is 6. The van der Waals surface area contributed by atoms with Crippen molar-refractivity contribution >= 4 is 47.1 Å². The lowest BCUT2D eigenvalue weighted by molar-refractivity contribution is -0.132. The second-order valence-corrected chi connectivity index (χ2v) is 17.0. The first-order chi connectivity index (χ1) is 16.3. The molecule has 0 saturated heterocycles. The summed E-state index contributed by atoms with van der Waals surface area (Å²) < 4.78 is 31.6. The van der Waals surface area contributed by atoms with E-state index >= 15 is 0 Å². The Morgan fingerprint density at radius 2 is 1.86 bits per heavy atom. The highest BCUT2D eigenvalue weighted by molar-refractivity contribution is 7.89. The van der Waals surface area contributed by atoms with Gasteiger partial charge >= 0.3 is 12.1 Å². The molecular formula is C24H29N3O6SSi. The van der Waals surface area contributed by atoms with Crippen LogP contribution in [0.5, 0.6) is 0 Å². The number of rotatable bonds is 9. The molecule has 0 unspecified atom stereocenters. The fourth-order valence-electron chi connectivity index (χ4n) is 3.26. The molecule has 0 saturated carbocycles. The Kier molecular flexibility index (Phi) is 7.81. The van der Waals surface area contributed by atoms with Crippen molar-refractivity contribution in [3.05, 3.63) is 71.0 Å². The van der Waals surface area contributed by atoms with Crippen molar-refractivity contribution in [2.45, 2.75) is 39.2 Å². The second-order valence-electron chi connectivity index (χ2n) is 9.45. The number of hydrogen-bond donors (Lipinski definition) is 2. The van der Waals surface area contributed by atoms with E-state index in [0.29, 0.717) is 28.1 Å². The number of amides is 1. The Bertz CT molecular complexity index is 1380. The van der Waals surface area contributed by atoms with Crippen LogP contribution in [0, 0.1) is 6.92 Å². The summed E-state index contributed by atoms with van der Waals surface area (Å²) in [6.07, 6.45) is 1.82. The SMILES string of the molecule is Cc1cc(C=C(NC(=O)OCc2ccccc2)C(=O)O)cc2cn(S(=O)(=O)CC[Si](C)(C)C)nc12. The molecule has 35 heavy (non-hydrogen) atoms. The van der Waals surface area contributed by atoms with Crippen LogP contribution in [0.25, 0.3) is 17.0 Å². The van der Waals surface area contributed by atoms with Crippen molar-refractivity contribution in [3.63, 3.8) is 0 Å². The zero-order valence-corrected chi connectivity index (χ0v) is 21.9. The van der Waals surface area contributed by atoms with E-state index < -0.39 is 30.2 Å². The van der Waals surface area contributed by atoms with E-state index in [0.717, 1.165) is 9.65 Å². The van der Waals surface area contributed by atoms with Gasteiger partial charge in [0, 0.05) is 13.5 Å².